The molecule has 2 aliphatic heterocycles. The number of nitrogens with zero attached hydrogens (tertiary/aromatic N) is 1. The van der Waals surface area contributed by atoms with Crippen molar-refractivity contribution >= 4 is 29.3 Å². The number of likely N-dealkylation sites (tertiary alicyclic amines) is 1. The van der Waals surface area contributed by atoms with Crippen LogP contribution in [-0.2, 0) is 22.5 Å². The van der Waals surface area contributed by atoms with Crippen LogP contribution in [0.2, 0.25) is 0 Å². The highest BCUT2D eigenvalue weighted by molar-refractivity contribution is 5.95. The summed E-state index contributed by atoms with van der Waals surface area (Å²) in [4.78, 5) is 40.6. The third kappa shape index (κ3) is 7.49. The van der Waals surface area contributed by atoms with Gasteiger partial charge >= 0.3 is 12.0 Å². The number of ether oxygens (including phenoxy) is 3. The summed E-state index contributed by atoms with van der Waals surface area (Å²) >= 11 is 0. The second kappa shape index (κ2) is 13.3. The molecule has 220 valence electrons. The van der Waals surface area contributed by atoms with Gasteiger partial charge in [0.15, 0.2) is 11.5 Å². The number of benzene rings is 3. The molecule has 1 fully saturated rings. The second-order valence-corrected chi connectivity index (χ2v) is 10.3. The fourth-order valence-corrected chi connectivity index (χ4v) is 5.02. The van der Waals surface area contributed by atoms with Crippen LogP contribution < -0.4 is 31.2 Å². The molecule has 11 nitrogen and oxygen atoms in total. The first-order valence-electron chi connectivity index (χ1n) is 14.0. The predicted molar refractivity (Wildman–Crippen MR) is 157 cm³/mol. The van der Waals surface area contributed by atoms with Gasteiger partial charge in [0.1, 0.15) is 6.04 Å². The molecule has 3 amide bonds. The molecular formula is C31H35N5O6. The van der Waals surface area contributed by atoms with E-state index in [1.165, 1.54) is 0 Å². The van der Waals surface area contributed by atoms with Gasteiger partial charge in [0.05, 0.1) is 12.2 Å². The maximum Gasteiger partial charge on any atom is 0.338 e. The van der Waals surface area contributed by atoms with Gasteiger partial charge in [0, 0.05) is 43.5 Å². The molecular weight excluding hydrogens is 538 g/mol. The number of nitrogens with one attached hydrogen (secondary N) is 3. The van der Waals surface area contributed by atoms with Crippen LogP contribution in [-0.4, -0.2) is 61.4 Å². The zero-order valence-electron chi connectivity index (χ0n) is 23.4. The summed E-state index contributed by atoms with van der Waals surface area (Å²) in [6, 6.07) is 18.1. The van der Waals surface area contributed by atoms with Crippen molar-refractivity contribution in [3.8, 4) is 11.5 Å². The van der Waals surface area contributed by atoms with E-state index < -0.39 is 18.0 Å². The molecule has 3 aromatic rings. The number of fused-ring (bicyclic) bond motifs is 1. The molecule has 1 saturated heterocycles. The van der Waals surface area contributed by atoms with E-state index in [-0.39, 0.29) is 31.8 Å². The van der Waals surface area contributed by atoms with E-state index in [2.05, 4.69) is 20.9 Å². The largest absolute Gasteiger partial charge is 0.462 e. The van der Waals surface area contributed by atoms with Crippen molar-refractivity contribution in [3.05, 3.63) is 83.4 Å². The average Bonchev–Trinajstić information content (AvgIpc) is 3.63. The van der Waals surface area contributed by atoms with Crippen LogP contribution in [0, 0.1) is 0 Å². The number of carbonyl (C=O) groups is 3. The Balaban J connectivity index is 1.19. The van der Waals surface area contributed by atoms with Gasteiger partial charge in [-0.2, -0.15) is 0 Å². The highest BCUT2D eigenvalue weighted by atomic mass is 16.7. The summed E-state index contributed by atoms with van der Waals surface area (Å²) < 4.78 is 15.9. The second-order valence-electron chi connectivity index (χ2n) is 10.3. The van der Waals surface area contributed by atoms with Gasteiger partial charge in [-0.05, 0) is 73.0 Å². The Kier molecular flexibility index (Phi) is 9.08. The van der Waals surface area contributed by atoms with E-state index in [9.17, 15) is 14.4 Å². The van der Waals surface area contributed by atoms with E-state index in [0.717, 1.165) is 42.1 Å². The Morgan fingerprint density at radius 1 is 1.00 bits per heavy atom. The van der Waals surface area contributed by atoms with Crippen LogP contribution in [0.3, 0.4) is 0 Å². The smallest absolute Gasteiger partial charge is 0.338 e. The van der Waals surface area contributed by atoms with Crippen LogP contribution in [0.1, 0.15) is 34.8 Å². The van der Waals surface area contributed by atoms with Gasteiger partial charge in [0.2, 0.25) is 12.7 Å². The van der Waals surface area contributed by atoms with Gasteiger partial charge in [-0.15, -0.1) is 0 Å². The van der Waals surface area contributed by atoms with Gasteiger partial charge < -0.3 is 35.9 Å². The molecule has 3 aromatic carbocycles. The predicted octanol–water partition coefficient (Wildman–Crippen LogP) is 3.30. The number of urea groups is 1. The van der Waals surface area contributed by atoms with E-state index in [0.29, 0.717) is 23.5 Å². The van der Waals surface area contributed by atoms with Crippen molar-refractivity contribution in [1.82, 2.24) is 15.5 Å². The first kappa shape index (κ1) is 28.7. The number of nitrogens with two attached hydrogens (primary N) is 1. The van der Waals surface area contributed by atoms with Gasteiger partial charge in [-0.1, -0.05) is 18.2 Å². The van der Waals surface area contributed by atoms with Gasteiger partial charge in [0.25, 0.3) is 0 Å². The summed E-state index contributed by atoms with van der Waals surface area (Å²) in [5.41, 5.74) is 9.27. The molecule has 5 N–H and O–H groups in total. The minimum absolute atomic E-state index is 0.0549. The van der Waals surface area contributed by atoms with Crippen LogP contribution in [0.4, 0.5) is 16.2 Å². The number of nitrogen functional groups attached to an aromatic ring is 1. The van der Waals surface area contributed by atoms with Crippen LogP contribution in [0.5, 0.6) is 11.5 Å². The lowest BCUT2D eigenvalue weighted by Crippen LogP contribution is -2.52. The lowest BCUT2D eigenvalue weighted by atomic mass is 10.0. The standard InChI is InChI=1S/C31H35N5O6/c1-2-40-30(38)22-6-10-24(11-7-22)34-31(39)35-26(15-20-3-8-23(32)9-4-20)29(37)33-25-13-14-36(18-25)17-21-5-12-27-28(16-21)42-19-41-27/h3-12,16,25-26H,2,13-15,17-19,32H2,1H3,(H,33,37)(H2,34,35,39)/t25-,26-/m0/s1. The summed E-state index contributed by atoms with van der Waals surface area (Å²) in [5, 5.41) is 8.67. The molecule has 0 radical (unpaired) electrons. The van der Waals surface area contributed by atoms with Crippen LogP contribution in [0.15, 0.2) is 66.7 Å². The van der Waals surface area contributed by atoms with E-state index in [4.69, 9.17) is 19.9 Å². The third-order valence-electron chi connectivity index (χ3n) is 7.16. The summed E-state index contributed by atoms with van der Waals surface area (Å²) in [6.07, 6.45) is 1.08. The number of esters is 1. The maximum absolute atomic E-state index is 13.5. The zero-order valence-corrected chi connectivity index (χ0v) is 23.4. The number of rotatable bonds is 10. The molecule has 2 aliphatic rings. The van der Waals surface area contributed by atoms with Gasteiger partial charge in [-0.25, -0.2) is 9.59 Å². The molecule has 0 aliphatic carbocycles. The number of amides is 3. The molecule has 2 atom stereocenters. The first-order chi connectivity index (χ1) is 20.4. The minimum Gasteiger partial charge on any atom is -0.462 e. The Labute approximate surface area is 244 Å². The van der Waals surface area contributed by atoms with E-state index in [1.807, 2.05) is 30.3 Å². The van der Waals surface area contributed by atoms with Crippen LogP contribution >= 0.6 is 0 Å². The molecule has 0 saturated carbocycles. The number of hydrogen-bond acceptors (Lipinski definition) is 8. The van der Waals surface area contributed by atoms with Crippen molar-refractivity contribution in [2.24, 2.45) is 0 Å². The molecule has 0 unspecified atom stereocenters. The Bertz CT molecular complexity index is 1410. The summed E-state index contributed by atoms with van der Waals surface area (Å²) in [7, 11) is 0. The molecule has 42 heavy (non-hydrogen) atoms. The first-order valence-corrected chi connectivity index (χ1v) is 14.0. The summed E-state index contributed by atoms with van der Waals surface area (Å²) in [5.74, 6) is 0.800. The highest BCUT2D eigenvalue weighted by Crippen LogP contribution is 2.33. The number of carbonyl (C=O) groups excluding carboxylic acids is 3. The lowest BCUT2D eigenvalue weighted by molar-refractivity contribution is -0.123. The fourth-order valence-electron chi connectivity index (χ4n) is 5.02. The fraction of sp³-hybridized carbons (Fsp3) is 0.323. The molecule has 5 rings (SSSR count). The summed E-state index contributed by atoms with van der Waals surface area (Å²) in [6.45, 7) is 4.50. The van der Waals surface area contributed by atoms with Crippen LogP contribution in [0.25, 0.3) is 0 Å². The van der Waals surface area contributed by atoms with Crippen molar-refractivity contribution in [1.29, 1.82) is 0 Å². The lowest BCUT2D eigenvalue weighted by Gasteiger charge is -2.22. The minimum atomic E-state index is -0.824. The quantitative estimate of drug-likeness (QED) is 0.214. The Hall–Kier alpha value is -4.77. The van der Waals surface area contributed by atoms with E-state index >= 15 is 0 Å². The Morgan fingerprint density at radius 2 is 1.74 bits per heavy atom. The molecule has 0 spiro atoms. The number of hydrogen-bond donors (Lipinski definition) is 4. The van der Waals surface area contributed by atoms with Crippen molar-refractivity contribution in [2.75, 3.05) is 37.5 Å². The van der Waals surface area contributed by atoms with Gasteiger partial charge in [-0.3, -0.25) is 9.69 Å². The third-order valence-corrected chi connectivity index (χ3v) is 7.16. The van der Waals surface area contributed by atoms with E-state index in [1.54, 1.807) is 43.3 Å². The monoisotopic (exact) mass is 573 g/mol. The molecule has 0 aromatic heterocycles. The molecule has 0 bridgehead atoms. The molecule has 11 heteroatoms. The average molecular weight is 574 g/mol. The van der Waals surface area contributed by atoms with Crippen molar-refractivity contribution in [2.45, 2.75) is 38.4 Å². The normalized spacial score (nSPS) is 16.5. The SMILES string of the molecule is CCOC(=O)c1ccc(NC(=O)N[C@@H](Cc2ccc(N)cc2)C(=O)N[C@H]2CCN(Cc3ccc4c(c3)OCO4)C2)cc1. The highest BCUT2D eigenvalue weighted by Gasteiger charge is 2.28. The van der Waals surface area contributed by atoms with Crippen molar-refractivity contribution in [3.63, 3.8) is 0 Å². The topological polar surface area (TPSA) is 144 Å². The van der Waals surface area contributed by atoms with Crippen molar-refractivity contribution < 1.29 is 28.6 Å². The maximum atomic E-state index is 13.5. The number of anilines is 2. The molecule has 2 heterocycles. The Morgan fingerprint density at radius 3 is 2.50 bits per heavy atom. The zero-order chi connectivity index (χ0) is 29.5.